The van der Waals surface area contributed by atoms with Gasteiger partial charge in [-0.25, -0.2) is 4.98 Å². The Hall–Kier alpha value is -5.99. The monoisotopic (exact) mass is 600 g/mol. The Bertz CT molecular complexity index is 2450. The number of rotatable bonds is 5. The second kappa shape index (κ2) is 11.4. The van der Waals surface area contributed by atoms with Crippen molar-refractivity contribution in [3.8, 4) is 28.2 Å². The first-order chi connectivity index (χ1) is 23.3. The summed E-state index contributed by atoms with van der Waals surface area (Å²) in [7, 11) is 0. The Labute approximate surface area is 274 Å². The molecule has 1 heterocycles. The maximum Gasteiger partial charge on any atom is 0.145 e. The highest BCUT2D eigenvalue weighted by Crippen LogP contribution is 2.41. The van der Waals surface area contributed by atoms with Crippen LogP contribution in [-0.2, 0) is 0 Å². The van der Waals surface area contributed by atoms with Crippen LogP contribution < -0.4 is 10.4 Å². The van der Waals surface area contributed by atoms with Crippen molar-refractivity contribution in [2.24, 2.45) is 5.92 Å². The van der Waals surface area contributed by atoms with Crippen molar-refractivity contribution in [3.63, 3.8) is 0 Å². The molecule has 0 saturated heterocycles. The van der Waals surface area contributed by atoms with Gasteiger partial charge in [-0.2, -0.15) is 0 Å². The normalized spacial score (nSPS) is 15.3. The van der Waals surface area contributed by atoms with Crippen molar-refractivity contribution in [1.29, 1.82) is 0 Å². The fraction of sp³-hybridized carbons (Fsp3) is 0.0444. The van der Waals surface area contributed by atoms with Gasteiger partial charge in [-0.3, -0.25) is 4.57 Å². The van der Waals surface area contributed by atoms with E-state index in [0.717, 1.165) is 34.5 Å². The van der Waals surface area contributed by atoms with Crippen molar-refractivity contribution in [2.75, 3.05) is 0 Å². The molecule has 0 aliphatic heterocycles. The fourth-order valence-corrected chi connectivity index (χ4v) is 7.44. The summed E-state index contributed by atoms with van der Waals surface area (Å²) in [4.78, 5) is 5.23. The van der Waals surface area contributed by atoms with E-state index in [9.17, 15) is 0 Å². The van der Waals surface area contributed by atoms with E-state index in [1.54, 1.807) is 0 Å². The maximum absolute atomic E-state index is 5.23. The molecule has 0 amide bonds. The second-order valence-electron chi connectivity index (χ2n) is 12.3. The quantitative estimate of drug-likeness (QED) is 0.193. The smallest absolute Gasteiger partial charge is 0.145 e. The van der Waals surface area contributed by atoms with Gasteiger partial charge in [0.2, 0.25) is 0 Å². The van der Waals surface area contributed by atoms with E-state index in [0.29, 0.717) is 0 Å². The van der Waals surface area contributed by atoms with Gasteiger partial charge < -0.3 is 0 Å². The third kappa shape index (κ3) is 4.69. The van der Waals surface area contributed by atoms with Gasteiger partial charge in [0.25, 0.3) is 0 Å². The first kappa shape index (κ1) is 27.3. The molecule has 0 radical (unpaired) electrons. The average Bonchev–Trinajstić information content (AvgIpc) is 3.54. The molecule has 1 unspecified atom stereocenters. The number of imidazole rings is 1. The summed E-state index contributed by atoms with van der Waals surface area (Å²) >= 11 is 0. The largest absolute Gasteiger partial charge is 0.292 e. The van der Waals surface area contributed by atoms with Crippen molar-refractivity contribution in [1.82, 2.24) is 9.55 Å². The Morgan fingerprint density at radius 3 is 1.91 bits per heavy atom. The van der Waals surface area contributed by atoms with Gasteiger partial charge >= 0.3 is 0 Å². The van der Waals surface area contributed by atoms with Crippen LogP contribution in [0.5, 0.6) is 0 Å². The topological polar surface area (TPSA) is 17.8 Å². The zero-order valence-electron chi connectivity index (χ0n) is 25.9. The van der Waals surface area contributed by atoms with Gasteiger partial charge in [-0.05, 0) is 86.2 Å². The van der Waals surface area contributed by atoms with E-state index in [4.69, 9.17) is 4.98 Å². The van der Waals surface area contributed by atoms with Crippen LogP contribution in [0.4, 0.5) is 0 Å². The van der Waals surface area contributed by atoms with Crippen LogP contribution >= 0.6 is 0 Å². The summed E-state index contributed by atoms with van der Waals surface area (Å²) in [5.41, 5.74) is 13.4. The molecule has 0 bridgehead atoms. The van der Waals surface area contributed by atoms with E-state index in [2.05, 4.69) is 181 Å². The molecule has 2 heteroatoms. The van der Waals surface area contributed by atoms with Gasteiger partial charge in [0.05, 0.1) is 11.0 Å². The van der Waals surface area contributed by atoms with E-state index in [1.165, 1.54) is 49.4 Å². The Kier molecular flexibility index (Phi) is 6.64. The molecular weight excluding hydrogens is 569 g/mol. The summed E-state index contributed by atoms with van der Waals surface area (Å²) in [6.07, 6.45) is 7.85. The lowest BCUT2D eigenvalue weighted by Gasteiger charge is -2.31. The summed E-state index contributed by atoms with van der Waals surface area (Å²) in [5.74, 6) is 1.20. The number of hydrogen-bond donors (Lipinski definition) is 0. The number of nitrogens with zero attached hydrogens (tertiary/aromatic N) is 2. The van der Waals surface area contributed by atoms with E-state index in [1.807, 2.05) is 0 Å². The van der Waals surface area contributed by atoms with Crippen LogP contribution in [0.25, 0.3) is 50.4 Å². The van der Waals surface area contributed by atoms with Crippen LogP contribution in [-0.4, -0.2) is 9.55 Å². The standard InChI is InChI=1S/C45H32N2/c1-4-14-31(15-5-1)32-24-26-34(27-25-32)43-37-20-10-11-21-38(37)44(33-16-6-2-7-17-33)40-30-35(28-29-39(40)43)45-46-41-22-12-13-23-42(41)47(45)36-18-8-3-9-19-36/h1-20,22-30,38H,21H2. The molecule has 9 rings (SSSR count). The zero-order valence-corrected chi connectivity index (χ0v) is 25.9. The molecule has 0 N–H and O–H groups in total. The molecule has 1 aromatic heterocycles. The highest BCUT2D eigenvalue weighted by molar-refractivity contribution is 5.90. The lowest BCUT2D eigenvalue weighted by atomic mass is 9.72. The molecule has 0 saturated carbocycles. The summed E-state index contributed by atoms with van der Waals surface area (Å²) in [6.45, 7) is 0. The lowest BCUT2D eigenvalue weighted by Crippen LogP contribution is -2.38. The first-order valence-corrected chi connectivity index (χ1v) is 16.3. The number of allylic oxidation sites excluding steroid dienone is 4. The van der Waals surface area contributed by atoms with Crippen molar-refractivity contribution < 1.29 is 0 Å². The van der Waals surface area contributed by atoms with Gasteiger partial charge in [-0.15, -0.1) is 0 Å². The number of para-hydroxylation sites is 3. The van der Waals surface area contributed by atoms with Gasteiger partial charge in [0.1, 0.15) is 5.82 Å². The highest BCUT2D eigenvalue weighted by Gasteiger charge is 2.29. The van der Waals surface area contributed by atoms with Crippen molar-refractivity contribution >= 4 is 22.2 Å². The fourth-order valence-electron chi connectivity index (χ4n) is 7.44. The molecule has 2 aliphatic rings. The van der Waals surface area contributed by atoms with E-state index in [-0.39, 0.29) is 5.92 Å². The second-order valence-corrected chi connectivity index (χ2v) is 12.3. The van der Waals surface area contributed by atoms with Crippen LogP contribution in [0.2, 0.25) is 0 Å². The van der Waals surface area contributed by atoms with Crippen molar-refractivity contribution in [3.05, 3.63) is 203 Å². The number of benzene rings is 6. The predicted molar refractivity (Wildman–Crippen MR) is 194 cm³/mol. The SMILES string of the molecule is C1=CCC2C(=C1)C(c1ccc(-c3ccccc3)cc1)=c1ccc(-c3nc4ccccc4n3-c3ccccc3)cc1=C2c1ccccc1. The maximum atomic E-state index is 5.23. The van der Waals surface area contributed by atoms with Crippen LogP contribution in [0.3, 0.4) is 0 Å². The Morgan fingerprint density at radius 2 is 1.15 bits per heavy atom. The minimum Gasteiger partial charge on any atom is -0.292 e. The summed E-state index contributed by atoms with van der Waals surface area (Å²) < 4.78 is 2.30. The summed E-state index contributed by atoms with van der Waals surface area (Å²) in [5, 5.41) is 2.54. The van der Waals surface area contributed by atoms with Gasteiger partial charge in [0, 0.05) is 17.2 Å². The lowest BCUT2D eigenvalue weighted by molar-refractivity contribution is 0.797. The first-order valence-electron chi connectivity index (χ1n) is 16.3. The summed E-state index contributed by atoms with van der Waals surface area (Å²) in [6, 6.07) is 56.7. The van der Waals surface area contributed by atoms with Gasteiger partial charge in [0.15, 0.2) is 0 Å². The minimum absolute atomic E-state index is 0.252. The Morgan fingerprint density at radius 1 is 0.532 bits per heavy atom. The van der Waals surface area contributed by atoms with Crippen molar-refractivity contribution in [2.45, 2.75) is 6.42 Å². The molecule has 222 valence electrons. The third-order valence-electron chi connectivity index (χ3n) is 9.57. The molecule has 0 spiro atoms. The average molecular weight is 601 g/mol. The molecule has 7 aromatic rings. The molecule has 1 atom stereocenters. The third-order valence-corrected chi connectivity index (χ3v) is 9.57. The number of hydrogen-bond acceptors (Lipinski definition) is 1. The van der Waals surface area contributed by atoms with Gasteiger partial charge in [-0.1, -0.05) is 146 Å². The molecule has 0 fully saturated rings. The number of aromatic nitrogens is 2. The zero-order chi connectivity index (χ0) is 31.2. The van der Waals surface area contributed by atoms with Crippen LogP contribution in [0.15, 0.2) is 182 Å². The molecule has 2 aliphatic carbocycles. The highest BCUT2D eigenvalue weighted by atomic mass is 15.1. The Balaban J connectivity index is 1.34. The van der Waals surface area contributed by atoms with E-state index >= 15 is 0 Å². The number of fused-ring (bicyclic) bond motifs is 3. The molecule has 6 aromatic carbocycles. The molecule has 47 heavy (non-hydrogen) atoms. The van der Waals surface area contributed by atoms with E-state index < -0.39 is 0 Å². The molecular formula is C45H32N2. The minimum atomic E-state index is 0.252. The molecule has 2 nitrogen and oxygen atoms in total. The van der Waals surface area contributed by atoms with Crippen LogP contribution in [0, 0.1) is 5.92 Å². The van der Waals surface area contributed by atoms with Crippen LogP contribution in [0.1, 0.15) is 17.5 Å². The predicted octanol–water partition coefficient (Wildman–Crippen LogP) is 9.27.